The Labute approximate surface area is 244 Å². The number of likely N-dealkylation sites (tertiary alicyclic amines) is 1. The van der Waals surface area contributed by atoms with Gasteiger partial charge in [-0.1, -0.05) is 5.92 Å². The summed E-state index contributed by atoms with van der Waals surface area (Å²) in [6.45, 7) is 0.831. The van der Waals surface area contributed by atoms with E-state index in [1.54, 1.807) is 0 Å². The van der Waals surface area contributed by atoms with Crippen molar-refractivity contribution in [1.82, 2.24) is 29.7 Å². The molecule has 2 amide bonds. The molecule has 3 aliphatic rings. The SMILES string of the molecule is Nc1nc(C#CCC2CCN(C(=O)Oc3ccc(F)c(F)c3)CC2)nc2c1ncn2[C@@H]1O[C@H](C(=O)NC2CC2)C(O)C1O. The van der Waals surface area contributed by atoms with E-state index in [9.17, 15) is 28.6 Å². The fraction of sp³-hybridized carbons (Fsp3) is 0.464. The molecule has 1 aromatic carbocycles. The fourth-order valence-corrected chi connectivity index (χ4v) is 5.10. The van der Waals surface area contributed by atoms with E-state index in [4.69, 9.17) is 15.2 Å². The van der Waals surface area contributed by atoms with Crippen LogP contribution in [0.2, 0.25) is 0 Å². The molecule has 226 valence electrons. The minimum atomic E-state index is -1.45. The number of anilines is 1. The van der Waals surface area contributed by atoms with Crippen LogP contribution in [-0.4, -0.2) is 84.1 Å². The molecule has 4 heterocycles. The average Bonchev–Trinajstić information content (AvgIpc) is 3.62. The number of carbonyl (C=O) groups is 2. The predicted molar refractivity (Wildman–Crippen MR) is 145 cm³/mol. The van der Waals surface area contributed by atoms with Crippen LogP contribution in [-0.2, 0) is 9.53 Å². The van der Waals surface area contributed by atoms with Crippen LogP contribution in [0.25, 0.3) is 11.2 Å². The molecule has 2 aliphatic heterocycles. The Bertz CT molecular complexity index is 1610. The number of benzene rings is 1. The monoisotopic (exact) mass is 597 g/mol. The van der Waals surface area contributed by atoms with E-state index < -0.39 is 48.2 Å². The third kappa shape index (κ3) is 6.07. The van der Waals surface area contributed by atoms with Crippen LogP contribution in [0.3, 0.4) is 0 Å². The quantitative estimate of drug-likeness (QED) is 0.313. The predicted octanol–water partition coefficient (Wildman–Crippen LogP) is 1.24. The number of amides is 2. The summed E-state index contributed by atoms with van der Waals surface area (Å²) in [5, 5.41) is 23.9. The molecule has 2 saturated heterocycles. The van der Waals surface area contributed by atoms with E-state index in [0.29, 0.717) is 32.4 Å². The van der Waals surface area contributed by atoms with Crippen LogP contribution in [0, 0.1) is 29.4 Å². The summed E-state index contributed by atoms with van der Waals surface area (Å²) in [5.41, 5.74) is 6.58. The topological polar surface area (TPSA) is 178 Å². The standard InChI is InChI=1S/C28H29F2N7O6/c29-17-7-6-16(12-18(17)30)42-28(41)36-10-8-14(9-11-36)2-1-3-19-34-24(31)20-25(35-19)37(13-32-20)27-22(39)21(38)23(43-27)26(40)33-15-4-5-15/h6-7,12-15,21-23,27,38-39H,2,4-5,8-11H2,(H,33,40)(H2,31,34,35)/t21?,22?,23-,27+/m0/s1. The maximum atomic E-state index is 13.4. The number of aromatic nitrogens is 4. The van der Waals surface area contributed by atoms with E-state index in [2.05, 4.69) is 32.1 Å². The maximum absolute atomic E-state index is 13.4. The van der Waals surface area contributed by atoms with Crippen LogP contribution in [0.4, 0.5) is 19.4 Å². The van der Waals surface area contributed by atoms with Crippen LogP contribution in [0.1, 0.15) is 44.2 Å². The lowest BCUT2D eigenvalue weighted by atomic mass is 9.94. The van der Waals surface area contributed by atoms with Gasteiger partial charge in [0.2, 0.25) is 5.82 Å². The number of ether oxygens (including phenoxy) is 2. The summed E-state index contributed by atoms with van der Waals surface area (Å²) in [4.78, 5) is 39.3. The molecule has 6 rings (SSSR count). The van der Waals surface area contributed by atoms with Gasteiger partial charge in [-0.25, -0.2) is 28.5 Å². The molecule has 2 aromatic heterocycles. The number of nitrogen functional groups attached to an aromatic ring is 1. The minimum absolute atomic E-state index is 0.0613. The number of rotatable bonds is 5. The zero-order valence-electron chi connectivity index (χ0n) is 22.8. The van der Waals surface area contributed by atoms with Gasteiger partial charge < -0.3 is 35.6 Å². The van der Waals surface area contributed by atoms with Crippen LogP contribution < -0.4 is 15.8 Å². The minimum Gasteiger partial charge on any atom is -0.410 e. The number of halogens is 2. The fourth-order valence-electron chi connectivity index (χ4n) is 5.10. The lowest BCUT2D eigenvalue weighted by molar-refractivity contribution is -0.137. The first kappa shape index (κ1) is 28.7. The van der Waals surface area contributed by atoms with Crippen molar-refractivity contribution >= 4 is 29.0 Å². The Hall–Kier alpha value is -4.39. The highest BCUT2D eigenvalue weighted by Gasteiger charge is 2.48. The first-order chi connectivity index (χ1) is 20.7. The zero-order valence-corrected chi connectivity index (χ0v) is 22.8. The smallest absolute Gasteiger partial charge is 0.410 e. The lowest BCUT2D eigenvalue weighted by Crippen LogP contribution is -2.43. The van der Waals surface area contributed by atoms with Crippen LogP contribution in [0.5, 0.6) is 5.75 Å². The number of fused-ring (bicyclic) bond motifs is 1. The number of nitrogens with zero attached hydrogens (tertiary/aromatic N) is 5. The molecule has 15 heteroatoms. The first-order valence-electron chi connectivity index (χ1n) is 13.9. The van der Waals surface area contributed by atoms with Gasteiger partial charge in [0, 0.05) is 31.6 Å². The molecular formula is C28H29F2N7O6. The van der Waals surface area contributed by atoms with Crippen molar-refractivity contribution in [2.75, 3.05) is 18.8 Å². The van der Waals surface area contributed by atoms with Gasteiger partial charge in [0.1, 0.15) is 23.5 Å². The summed E-state index contributed by atoms with van der Waals surface area (Å²) < 4.78 is 38.8. The average molecular weight is 598 g/mol. The van der Waals surface area contributed by atoms with Gasteiger partial charge in [0.05, 0.1) is 6.33 Å². The van der Waals surface area contributed by atoms with E-state index in [1.807, 2.05) is 0 Å². The number of piperidine rings is 1. The number of nitrogens with two attached hydrogens (primary N) is 1. The number of nitrogens with one attached hydrogen (secondary N) is 1. The Morgan fingerprint density at radius 2 is 1.88 bits per heavy atom. The summed E-state index contributed by atoms with van der Waals surface area (Å²) >= 11 is 0. The van der Waals surface area contributed by atoms with Crippen LogP contribution >= 0.6 is 0 Å². The van der Waals surface area contributed by atoms with Crippen molar-refractivity contribution in [2.45, 2.75) is 62.7 Å². The van der Waals surface area contributed by atoms with Crippen molar-refractivity contribution < 1.29 is 38.1 Å². The van der Waals surface area contributed by atoms with Gasteiger partial charge in [-0.2, -0.15) is 0 Å². The van der Waals surface area contributed by atoms with Gasteiger partial charge in [-0.3, -0.25) is 9.36 Å². The second kappa shape index (κ2) is 11.7. The molecule has 0 spiro atoms. The Morgan fingerprint density at radius 3 is 2.60 bits per heavy atom. The van der Waals surface area contributed by atoms with Crippen molar-refractivity contribution in [3.63, 3.8) is 0 Å². The summed E-state index contributed by atoms with van der Waals surface area (Å²) in [6.07, 6.45) is -0.998. The molecular weight excluding hydrogens is 568 g/mol. The Kier molecular flexibility index (Phi) is 7.82. The highest BCUT2D eigenvalue weighted by atomic mass is 19.2. The number of aliphatic hydroxyl groups excluding tert-OH is 2. The number of imidazole rings is 1. The lowest BCUT2D eigenvalue weighted by Gasteiger charge is -2.30. The summed E-state index contributed by atoms with van der Waals surface area (Å²) in [7, 11) is 0. The third-order valence-electron chi connectivity index (χ3n) is 7.70. The molecule has 5 N–H and O–H groups in total. The molecule has 1 saturated carbocycles. The van der Waals surface area contributed by atoms with Crippen molar-refractivity contribution in [2.24, 2.45) is 5.92 Å². The highest BCUT2D eigenvalue weighted by molar-refractivity contribution is 5.83. The number of hydrogen-bond acceptors (Lipinski definition) is 10. The molecule has 0 bridgehead atoms. The van der Waals surface area contributed by atoms with Gasteiger partial charge >= 0.3 is 6.09 Å². The van der Waals surface area contributed by atoms with E-state index in [-0.39, 0.29) is 40.5 Å². The molecule has 2 unspecified atom stereocenters. The second-order valence-corrected chi connectivity index (χ2v) is 10.8. The molecule has 0 radical (unpaired) electrons. The van der Waals surface area contributed by atoms with E-state index >= 15 is 0 Å². The van der Waals surface area contributed by atoms with Gasteiger partial charge in [-0.15, -0.1) is 0 Å². The maximum Gasteiger partial charge on any atom is 0.415 e. The second-order valence-electron chi connectivity index (χ2n) is 10.8. The van der Waals surface area contributed by atoms with E-state index in [1.165, 1.54) is 21.9 Å². The molecule has 43 heavy (non-hydrogen) atoms. The molecule has 3 aromatic rings. The molecule has 1 aliphatic carbocycles. The van der Waals surface area contributed by atoms with Gasteiger partial charge in [0.25, 0.3) is 5.91 Å². The van der Waals surface area contributed by atoms with Crippen molar-refractivity contribution in [3.8, 4) is 17.6 Å². The Balaban J connectivity index is 1.07. The largest absolute Gasteiger partial charge is 0.415 e. The zero-order chi connectivity index (χ0) is 30.2. The number of hydrogen-bond donors (Lipinski definition) is 4. The van der Waals surface area contributed by atoms with Crippen molar-refractivity contribution in [1.29, 1.82) is 0 Å². The normalized spacial score (nSPS) is 24.0. The van der Waals surface area contributed by atoms with Crippen molar-refractivity contribution in [3.05, 3.63) is 42.0 Å². The molecule has 3 fully saturated rings. The van der Waals surface area contributed by atoms with Gasteiger partial charge in [0.15, 0.2) is 35.4 Å². The Morgan fingerprint density at radius 1 is 1.12 bits per heavy atom. The highest BCUT2D eigenvalue weighted by Crippen LogP contribution is 2.33. The third-order valence-corrected chi connectivity index (χ3v) is 7.70. The molecule has 13 nitrogen and oxygen atoms in total. The van der Waals surface area contributed by atoms with E-state index in [0.717, 1.165) is 25.0 Å². The summed E-state index contributed by atoms with van der Waals surface area (Å²) in [6, 6.07) is 2.97. The first-order valence-corrected chi connectivity index (χ1v) is 13.9. The molecule has 4 atom stereocenters. The van der Waals surface area contributed by atoms with Gasteiger partial charge in [-0.05, 0) is 49.7 Å². The number of aliphatic hydroxyl groups is 2. The number of carbonyl (C=O) groups excluding carboxylic acids is 2. The summed E-state index contributed by atoms with van der Waals surface area (Å²) in [5.74, 6) is 3.65. The van der Waals surface area contributed by atoms with Crippen LogP contribution in [0.15, 0.2) is 24.5 Å².